The first-order chi connectivity index (χ1) is 9.08. The number of nitrogens with zero attached hydrogens (tertiary/aromatic N) is 2. The topological polar surface area (TPSA) is 40.6 Å². The van der Waals surface area contributed by atoms with E-state index in [9.17, 15) is 9.59 Å². The van der Waals surface area contributed by atoms with E-state index in [-0.39, 0.29) is 11.8 Å². The van der Waals surface area contributed by atoms with E-state index in [0.717, 1.165) is 25.7 Å². The highest BCUT2D eigenvalue weighted by Crippen LogP contribution is 2.30. The van der Waals surface area contributed by atoms with Crippen LogP contribution in [0.5, 0.6) is 0 Å². The van der Waals surface area contributed by atoms with E-state index in [2.05, 4.69) is 0 Å². The molecular formula is C14H18N2O2S. The van der Waals surface area contributed by atoms with Crippen molar-refractivity contribution in [1.29, 1.82) is 0 Å². The predicted octanol–water partition coefficient (Wildman–Crippen LogP) is 2.22. The second-order valence-corrected chi connectivity index (χ2v) is 6.54. The van der Waals surface area contributed by atoms with Gasteiger partial charge in [-0.1, -0.05) is 0 Å². The van der Waals surface area contributed by atoms with Gasteiger partial charge in [-0.25, -0.2) is 0 Å². The van der Waals surface area contributed by atoms with Gasteiger partial charge in [0.25, 0.3) is 11.8 Å². The lowest BCUT2D eigenvalue weighted by atomic mass is 10.3. The number of rotatable bonds is 4. The lowest BCUT2D eigenvalue weighted by Crippen LogP contribution is -2.28. The molecule has 1 aromatic rings. The summed E-state index contributed by atoms with van der Waals surface area (Å²) in [5.74, 6) is 0.0845. The molecule has 0 aliphatic heterocycles. The van der Waals surface area contributed by atoms with Crippen molar-refractivity contribution < 1.29 is 9.59 Å². The van der Waals surface area contributed by atoms with E-state index in [1.807, 2.05) is 14.1 Å². The fraction of sp³-hybridized carbons (Fsp3) is 0.571. The van der Waals surface area contributed by atoms with Gasteiger partial charge in [0.1, 0.15) is 0 Å². The van der Waals surface area contributed by atoms with Crippen molar-refractivity contribution in [3.63, 3.8) is 0 Å². The molecular weight excluding hydrogens is 260 g/mol. The molecule has 0 N–H and O–H groups in total. The number of hydrogen-bond donors (Lipinski definition) is 0. The third-order valence-corrected chi connectivity index (χ3v) is 4.92. The molecule has 0 atom stereocenters. The first-order valence-electron chi connectivity index (χ1n) is 6.72. The number of amides is 2. The molecule has 4 nitrogen and oxygen atoms in total. The Labute approximate surface area is 117 Å². The number of carbonyl (C=O) groups excluding carboxylic acids is 2. The van der Waals surface area contributed by atoms with Crippen molar-refractivity contribution in [1.82, 2.24) is 9.80 Å². The van der Waals surface area contributed by atoms with Crippen LogP contribution in [-0.4, -0.2) is 47.8 Å². The Hall–Kier alpha value is -1.36. The molecule has 0 bridgehead atoms. The van der Waals surface area contributed by atoms with Crippen LogP contribution in [0.1, 0.15) is 45.0 Å². The van der Waals surface area contributed by atoms with E-state index in [4.69, 9.17) is 0 Å². The summed E-state index contributed by atoms with van der Waals surface area (Å²) in [7, 11) is 3.69. The molecule has 0 saturated heterocycles. The maximum absolute atomic E-state index is 12.2. The van der Waals surface area contributed by atoms with Gasteiger partial charge >= 0.3 is 0 Å². The molecule has 2 aliphatic carbocycles. The van der Waals surface area contributed by atoms with Crippen LogP contribution in [0.4, 0.5) is 0 Å². The Balaban J connectivity index is 1.71. The first-order valence-corrected chi connectivity index (χ1v) is 7.53. The standard InChI is InChI=1S/C14H18N2O2S/c1-15(9-3-4-9)13(17)11-7-8-12(19-11)14(18)16(2)10-5-6-10/h7-10H,3-6H2,1-2H3. The van der Waals surface area contributed by atoms with Crippen LogP contribution in [0.2, 0.25) is 0 Å². The van der Waals surface area contributed by atoms with E-state index in [1.54, 1.807) is 21.9 Å². The zero-order valence-electron chi connectivity index (χ0n) is 11.3. The minimum absolute atomic E-state index is 0.0422. The normalized spacial score (nSPS) is 18.2. The molecule has 0 spiro atoms. The van der Waals surface area contributed by atoms with Crippen LogP contribution in [0.15, 0.2) is 12.1 Å². The number of carbonyl (C=O) groups is 2. The van der Waals surface area contributed by atoms with Crippen molar-refractivity contribution in [3.8, 4) is 0 Å². The second-order valence-electron chi connectivity index (χ2n) is 5.46. The van der Waals surface area contributed by atoms with Gasteiger partial charge in [0.2, 0.25) is 0 Å². The van der Waals surface area contributed by atoms with E-state index in [0.29, 0.717) is 21.8 Å². The summed E-state index contributed by atoms with van der Waals surface area (Å²) < 4.78 is 0. The number of thiophene rings is 1. The minimum atomic E-state index is 0.0422. The molecule has 2 saturated carbocycles. The highest BCUT2D eigenvalue weighted by atomic mass is 32.1. The summed E-state index contributed by atoms with van der Waals surface area (Å²) in [6.45, 7) is 0. The van der Waals surface area contributed by atoms with Crippen molar-refractivity contribution in [2.45, 2.75) is 37.8 Å². The number of hydrogen-bond acceptors (Lipinski definition) is 3. The van der Waals surface area contributed by atoms with Gasteiger partial charge in [-0.2, -0.15) is 0 Å². The Morgan fingerprint density at radius 3 is 1.63 bits per heavy atom. The molecule has 1 heterocycles. The highest BCUT2D eigenvalue weighted by molar-refractivity contribution is 7.15. The third kappa shape index (κ3) is 2.52. The third-order valence-electron chi connectivity index (χ3n) is 3.86. The maximum atomic E-state index is 12.2. The fourth-order valence-corrected chi connectivity index (χ4v) is 3.14. The Kier molecular flexibility index (Phi) is 3.09. The quantitative estimate of drug-likeness (QED) is 0.847. The van der Waals surface area contributed by atoms with E-state index < -0.39 is 0 Å². The SMILES string of the molecule is CN(C(=O)c1ccc(C(=O)N(C)C2CC2)s1)C1CC1. The van der Waals surface area contributed by atoms with Crippen LogP contribution in [-0.2, 0) is 0 Å². The molecule has 3 rings (SSSR count). The summed E-state index contributed by atoms with van der Waals surface area (Å²) >= 11 is 1.31. The van der Waals surface area contributed by atoms with Gasteiger partial charge in [0.15, 0.2) is 0 Å². The molecule has 2 aliphatic rings. The van der Waals surface area contributed by atoms with E-state index in [1.165, 1.54) is 11.3 Å². The molecule has 19 heavy (non-hydrogen) atoms. The fourth-order valence-electron chi connectivity index (χ4n) is 2.17. The van der Waals surface area contributed by atoms with Crippen molar-refractivity contribution in [2.24, 2.45) is 0 Å². The van der Waals surface area contributed by atoms with Crippen LogP contribution < -0.4 is 0 Å². The Bertz CT molecular complexity index is 473. The lowest BCUT2D eigenvalue weighted by molar-refractivity contribution is 0.0784. The Morgan fingerprint density at radius 1 is 0.947 bits per heavy atom. The molecule has 1 aromatic heterocycles. The first kappa shape index (κ1) is 12.7. The second kappa shape index (κ2) is 4.63. The molecule has 0 unspecified atom stereocenters. The van der Waals surface area contributed by atoms with Crippen LogP contribution in [0, 0.1) is 0 Å². The lowest BCUT2D eigenvalue weighted by Gasteiger charge is -2.15. The summed E-state index contributed by atoms with van der Waals surface area (Å²) in [6.07, 6.45) is 4.40. The van der Waals surface area contributed by atoms with Gasteiger partial charge in [0, 0.05) is 26.2 Å². The molecule has 0 radical (unpaired) electrons. The van der Waals surface area contributed by atoms with Crippen LogP contribution in [0.3, 0.4) is 0 Å². The van der Waals surface area contributed by atoms with Crippen molar-refractivity contribution >= 4 is 23.2 Å². The molecule has 0 aromatic carbocycles. The monoisotopic (exact) mass is 278 g/mol. The largest absolute Gasteiger partial charge is 0.338 e. The maximum Gasteiger partial charge on any atom is 0.263 e. The highest BCUT2D eigenvalue weighted by Gasteiger charge is 2.33. The molecule has 5 heteroatoms. The van der Waals surface area contributed by atoms with Gasteiger partial charge < -0.3 is 9.80 Å². The van der Waals surface area contributed by atoms with Gasteiger partial charge in [-0.15, -0.1) is 11.3 Å². The molecule has 2 fully saturated rings. The molecule has 102 valence electrons. The van der Waals surface area contributed by atoms with Crippen molar-refractivity contribution in [2.75, 3.05) is 14.1 Å². The minimum Gasteiger partial charge on any atom is -0.338 e. The van der Waals surface area contributed by atoms with Crippen LogP contribution in [0.25, 0.3) is 0 Å². The smallest absolute Gasteiger partial charge is 0.263 e. The summed E-state index contributed by atoms with van der Waals surface area (Å²) in [5.41, 5.74) is 0. The van der Waals surface area contributed by atoms with Crippen molar-refractivity contribution in [3.05, 3.63) is 21.9 Å². The average Bonchev–Trinajstić information content (AvgIpc) is 3.32. The summed E-state index contributed by atoms with van der Waals surface area (Å²) in [6, 6.07) is 4.37. The average molecular weight is 278 g/mol. The summed E-state index contributed by atoms with van der Waals surface area (Å²) in [5, 5.41) is 0. The van der Waals surface area contributed by atoms with Crippen LogP contribution >= 0.6 is 11.3 Å². The zero-order valence-corrected chi connectivity index (χ0v) is 12.1. The van der Waals surface area contributed by atoms with Gasteiger partial charge in [-0.3, -0.25) is 9.59 Å². The van der Waals surface area contributed by atoms with E-state index >= 15 is 0 Å². The summed E-state index contributed by atoms with van der Waals surface area (Å²) in [4.78, 5) is 29.3. The predicted molar refractivity (Wildman–Crippen MR) is 74.6 cm³/mol. The zero-order chi connectivity index (χ0) is 13.6. The van der Waals surface area contributed by atoms with Gasteiger partial charge in [0.05, 0.1) is 9.75 Å². The molecule has 2 amide bonds. The Morgan fingerprint density at radius 2 is 1.32 bits per heavy atom. The van der Waals surface area contributed by atoms with Gasteiger partial charge in [-0.05, 0) is 37.8 Å².